The molecule has 0 aliphatic heterocycles. The molecule has 42 heavy (non-hydrogen) atoms. The first-order chi connectivity index (χ1) is 19.1. The minimum Gasteiger partial charge on any atom is -0.481 e. The lowest BCUT2D eigenvalue weighted by molar-refractivity contribution is -0.143. The Hall–Kier alpha value is -2.92. The second-order valence-corrected chi connectivity index (χ2v) is 17.9. The maximum atomic E-state index is 13.7. The molecule has 2 aromatic carbocycles. The number of ether oxygens (including phenoxy) is 1. The third-order valence-electron chi connectivity index (χ3n) is 7.40. The number of rotatable bonds is 11. The van der Waals surface area contributed by atoms with Crippen LogP contribution in [0, 0.1) is 11.7 Å². The highest BCUT2D eigenvalue weighted by molar-refractivity contribution is 6.74. The predicted molar refractivity (Wildman–Crippen MR) is 156 cm³/mol. The third kappa shape index (κ3) is 11.1. The number of alkyl halides is 3. The van der Waals surface area contributed by atoms with Crippen LogP contribution < -0.4 is 5.32 Å². The number of hydrogen-bond donors (Lipinski definition) is 2. The molecule has 0 spiro atoms. The quantitative estimate of drug-likeness (QED) is 0.198. The fraction of sp³-hybridized carbons (Fsp3) is 0.548. The Morgan fingerprint density at radius 2 is 1.38 bits per heavy atom. The SMILES string of the molecule is CC(C)(C)OC(=O)N[C@@H](Cc1ccc(F)cc1)[C@H](C[C@@H](Cc1ccc(C(F)(F)F)cc1)C(=O)O)O[Si](C)(C)C(C)(C)C. The number of alkyl carbamates (subject to hydrolysis) is 1. The molecule has 0 unspecified atom stereocenters. The molecule has 0 aliphatic carbocycles. The standard InChI is InChI=1S/C31H43F4NO5Si/c1-29(2,3)40-28(39)36-25(18-21-11-15-24(32)16-12-21)26(41-42(7,8)30(4,5)6)19-22(27(37)38)17-20-9-13-23(14-10-20)31(33,34)35/h9-16,22,25-26H,17-19H2,1-8H3,(H,36,39)(H,37,38)/t22-,25+,26+/m1/s1. The molecule has 11 heteroatoms. The molecule has 0 bridgehead atoms. The maximum Gasteiger partial charge on any atom is 0.416 e. The van der Waals surface area contributed by atoms with E-state index in [-0.39, 0.29) is 24.3 Å². The number of amides is 1. The summed E-state index contributed by atoms with van der Waals surface area (Å²) in [4.78, 5) is 25.4. The van der Waals surface area contributed by atoms with Gasteiger partial charge in [0.25, 0.3) is 0 Å². The number of carboxylic acids is 1. The Bertz CT molecular complexity index is 1190. The zero-order chi connectivity index (χ0) is 32.1. The summed E-state index contributed by atoms with van der Waals surface area (Å²) in [5.74, 6) is -2.60. The molecule has 0 radical (unpaired) electrons. The van der Waals surface area contributed by atoms with Gasteiger partial charge in [-0.15, -0.1) is 0 Å². The molecular formula is C31H43F4NO5Si. The molecular weight excluding hydrogens is 570 g/mol. The first kappa shape index (κ1) is 35.3. The molecule has 2 aromatic rings. The Morgan fingerprint density at radius 1 is 0.881 bits per heavy atom. The number of nitrogens with one attached hydrogen (secondary N) is 1. The van der Waals surface area contributed by atoms with Gasteiger partial charge < -0.3 is 19.6 Å². The van der Waals surface area contributed by atoms with Crippen LogP contribution in [0.25, 0.3) is 0 Å². The van der Waals surface area contributed by atoms with E-state index < -0.39 is 61.6 Å². The van der Waals surface area contributed by atoms with Gasteiger partial charge in [0.05, 0.1) is 23.6 Å². The maximum absolute atomic E-state index is 13.7. The van der Waals surface area contributed by atoms with Crippen LogP contribution >= 0.6 is 0 Å². The lowest BCUT2D eigenvalue weighted by atomic mass is 9.89. The van der Waals surface area contributed by atoms with Crippen LogP contribution in [-0.4, -0.2) is 43.2 Å². The van der Waals surface area contributed by atoms with Gasteiger partial charge in [0, 0.05) is 0 Å². The fourth-order valence-electron chi connectivity index (χ4n) is 4.12. The van der Waals surface area contributed by atoms with Crippen molar-refractivity contribution < 1.29 is 41.4 Å². The van der Waals surface area contributed by atoms with Crippen molar-refractivity contribution in [1.82, 2.24) is 5.32 Å². The summed E-state index contributed by atoms with van der Waals surface area (Å²) in [5, 5.41) is 12.8. The van der Waals surface area contributed by atoms with E-state index in [0.29, 0.717) is 11.1 Å². The minimum atomic E-state index is -4.51. The Morgan fingerprint density at radius 3 is 1.83 bits per heavy atom. The number of carbonyl (C=O) groups excluding carboxylic acids is 1. The van der Waals surface area contributed by atoms with Crippen LogP contribution in [0.1, 0.15) is 64.7 Å². The van der Waals surface area contributed by atoms with E-state index >= 15 is 0 Å². The average Bonchev–Trinajstić information content (AvgIpc) is 2.81. The van der Waals surface area contributed by atoms with Gasteiger partial charge in [0.2, 0.25) is 0 Å². The van der Waals surface area contributed by atoms with Crippen molar-refractivity contribution in [3.05, 3.63) is 71.0 Å². The smallest absolute Gasteiger partial charge is 0.416 e. The highest BCUT2D eigenvalue weighted by Crippen LogP contribution is 2.39. The normalized spacial score (nSPS) is 15.0. The van der Waals surface area contributed by atoms with Crippen molar-refractivity contribution in [3.63, 3.8) is 0 Å². The van der Waals surface area contributed by atoms with Crippen LogP contribution in [0.4, 0.5) is 22.4 Å². The van der Waals surface area contributed by atoms with Crippen molar-refractivity contribution in [2.45, 2.75) is 103 Å². The van der Waals surface area contributed by atoms with Crippen molar-refractivity contribution in [3.8, 4) is 0 Å². The molecule has 0 fully saturated rings. The molecule has 2 rings (SSSR count). The highest BCUT2D eigenvalue weighted by atomic mass is 28.4. The number of benzene rings is 2. The van der Waals surface area contributed by atoms with Crippen LogP contribution in [0.5, 0.6) is 0 Å². The summed E-state index contributed by atoms with van der Waals surface area (Å²) in [6.45, 7) is 15.3. The van der Waals surface area contributed by atoms with E-state index in [9.17, 15) is 32.3 Å². The number of aliphatic carboxylic acids is 1. The van der Waals surface area contributed by atoms with Crippen molar-refractivity contribution in [1.29, 1.82) is 0 Å². The van der Waals surface area contributed by atoms with Crippen molar-refractivity contribution in [2.24, 2.45) is 5.92 Å². The molecule has 0 aliphatic rings. The van der Waals surface area contributed by atoms with Crippen molar-refractivity contribution >= 4 is 20.4 Å². The minimum absolute atomic E-state index is 0.0372. The summed E-state index contributed by atoms with van der Waals surface area (Å²) in [5.41, 5.74) is -0.502. The van der Waals surface area contributed by atoms with E-state index in [4.69, 9.17) is 9.16 Å². The zero-order valence-electron chi connectivity index (χ0n) is 25.6. The predicted octanol–water partition coefficient (Wildman–Crippen LogP) is 8.00. The van der Waals surface area contributed by atoms with Gasteiger partial charge in [-0.3, -0.25) is 4.79 Å². The topological polar surface area (TPSA) is 84.9 Å². The second-order valence-electron chi connectivity index (χ2n) is 13.2. The fourth-order valence-corrected chi connectivity index (χ4v) is 5.50. The van der Waals surface area contributed by atoms with Crippen LogP contribution in [0.3, 0.4) is 0 Å². The van der Waals surface area contributed by atoms with Crippen LogP contribution in [-0.2, 0) is 33.0 Å². The lowest BCUT2D eigenvalue weighted by Gasteiger charge is -2.42. The number of carboxylic acid groups (broad SMARTS) is 1. The largest absolute Gasteiger partial charge is 0.481 e. The molecule has 0 aromatic heterocycles. The van der Waals surface area contributed by atoms with E-state index in [1.165, 1.54) is 24.3 Å². The van der Waals surface area contributed by atoms with E-state index in [1.807, 2.05) is 33.9 Å². The summed E-state index contributed by atoms with van der Waals surface area (Å²) in [6, 6.07) is 9.42. The van der Waals surface area contributed by atoms with Gasteiger partial charge in [0.15, 0.2) is 8.32 Å². The van der Waals surface area contributed by atoms with Gasteiger partial charge >= 0.3 is 18.2 Å². The Kier molecular flexibility index (Phi) is 11.4. The van der Waals surface area contributed by atoms with Gasteiger partial charge in [-0.1, -0.05) is 45.0 Å². The summed E-state index contributed by atoms with van der Waals surface area (Å²) in [6.07, 6.45) is -5.91. The Labute approximate surface area is 246 Å². The van der Waals surface area contributed by atoms with Gasteiger partial charge in [-0.25, -0.2) is 9.18 Å². The highest BCUT2D eigenvalue weighted by Gasteiger charge is 2.42. The molecule has 0 saturated carbocycles. The molecule has 3 atom stereocenters. The molecule has 2 N–H and O–H groups in total. The van der Waals surface area contributed by atoms with Gasteiger partial charge in [0.1, 0.15) is 11.4 Å². The summed E-state index contributed by atoms with van der Waals surface area (Å²) >= 11 is 0. The molecule has 1 amide bonds. The number of halogens is 4. The average molecular weight is 614 g/mol. The molecule has 0 saturated heterocycles. The molecule has 0 heterocycles. The third-order valence-corrected chi connectivity index (χ3v) is 11.9. The Balaban J connectivity index is 2.50. The number of hydrogen-bond acceptors (Lipinski definition) is 4. The molecule has 234 valence electrons. The van der Waals surface area contributed by atoms with Gasteiger partial charge in [-0.2, -0.15) is 13.2 Å². The van der Waals surface area contributed by atoms with E-state index in [0.717, 1.165) is 12.1 Å². The summed E-state index contributed by atoms with van der Waals surface area (Å²) < 4.78 is 65.1. The first-order valence-corrected chi connectivity index (χ1v) is 16.8. The first-order valence-electron chi connectivity index (χ1n) is 13.9. The number of carbonyl (C=O) groups is 2. The van der Waals surface area contributed by atoms with E-state index in [2.05, 4.69) is 5.32 Å². The monoisotopic (exact) mass is 613 g/mol. The van der Waals surface area contributed by atoms with Gasteiger partial charge in [-0.05, 0) is 93.6 Å². The van der Waals surface area contributed by atoms with E-state index in [1.54, 1.807) is 32.9 Å². The zero-order valence-corrected chi connectivity index (χ0v) is 26.6. The van der Waals surface area contributed by atoms with Crippen LogP contribution in [0.2, 0.25) is 18.1 Å². The van der Waals surface area contributed by atoms with Crippen molar-refractivity contribution in [2.75, 3.05) is 0 Å². The lowest BCUT2D eigenvalue weighted by Crippen LogP contribution is -2.54. The second kappa shape index (κ2) is 13.6. The van der Waals surface area contributed by atoms with Crippen LogP contribution in [0.15, 0.2) is 48.5 Å². The molecule has 6 nitrogen and oxygen atoms in total. The summed E-state index contributed by atoms with van der Waals surface area (Å²) in [7, 11) is -2.55.